The average Bonchev–Trinajstić information content (AvgIpc) is 2.71. The third-order valence-electron chi connectivity index (χ3n) is 6.05. The first kappa shape index (κ1) is 14.1. The number of rotatable bonds is 3. The van der Waals surface area contributed by atoms with E-state index in [1.807, 2.05) is 0 Å². The van der Waals surface area contributed by atoms with Crippen molar-refractivity contribution in [3.05, 3.63) is 22.2 Å². The Balaban J connectivity index is 1.83. The van der Waals surface area contributed by atoms with Crippen molar-refractivity contribution in [2.24, 2.45) is 16.7 Å². The van der Waals surface area contributed by atoms with Crippen LogP contribution in [0.3, 0.4) is 0 Å². The molecule has 0 amide bonds. The van der Waals surface area contributed by atoms with Crippen LogP contribution in [0.4, 0.5) is 11.5 Å². The zero-order valence-corrected chi connectivity index (χ0v) is 12.6. The molecule has 1 heterocycles. The van der Waals surface area contributed by atoms with Crippen LogP contribution in [-0.2, 0) is 0 Å². The van der Waals surface area contributed by atoms with Gasteiger partial charge in [0, 0.05) is 17.5 Å². The molecule has 2 fully saturated rings. The average molecular weight is 291 g/mol. The number of fused-ring (bicyclic) bond motifs is 2. The summed E-state index contributed by atoms with van der Waals surface area (Å²) in [5.41, 5.74) is 5.82. The van der Waals surface area contributed by atoms with E-state index in [9.17, 15) is 10.1 Å². The predicted molar refractivity (Wildman–Crippen MR) is 78.9 cm³/mol. The standard InChI is InChI=1S/C15H21N3O3/c1-14(2)9-6-7-15(14,3)11(8-9)21-12-5-4-10(18(19)20)13(16)17-12/h4-5,9,11H,6-8H2,1-3H3,(H2,16,17). The molecule has 0 aliphatic heterocycles. The molecule has 3 unspecified atom stereocenters. The van der Waals surface area contributed by atoms with Gasteiger partial charge in [-0.2, -0.15) is 4.98 Å². The van der Waals surface area contributed by atoms with Crippen LogP contribution in [-0.4, -0.2) is 16.0 Å². The second kappa shape index (κ2) is 4.32. The fraction of sp³-hybridized carbons (Fsp3) is 0.667. The second-order valence-electron chi connectivity index (χ2n) is 7.03. The zero-order chi connectivity index (χ0) is 15.4. The van der Waals surface area contributed by atoms with Crippen molar-refractivity contribution >= 4 is 11.5 Å². The van der Waals surface area contributed by atoms with Gasteiger partial charge in [0.05, 0.1) is 4.92 Å². The third kappa shape index (κ3) is 1.88. The van der Waals surface area contributed by atoms with Crippen molar-refractivity contribution in [2.75, 3.05) is 5.73 Å². The van der Waals surface area contributed by atoms with Crippen molar-refractivity contribution in [1.29, 1.82) is 0 Å². The zero-order valence-electron chi connectivity index (χ0n) is 12.6. The highest BCUT2D eigenvalue weighted by molar-refractivity contribution is 5.53. The molecular weight excluding hydrogens is 270 g/mol. The highest BCUT2D eigenvalue weighted by Gasteiger charge is 2.62. The van der Waals surface area contributed by atoms with Crippen LogP contribution in [0.1, 0.15) is 40.0 Å². The van der Waals surface area contributed by atoms with Crippen molar-refractivity contribution in [3.8, 4) is 5.88 Å². The lowest BCUT2D eigenvalue weighted by Crippen LogP contribution is -2.39. The van der Waals surface area contributed by atoms with Gasteiger partial charge in [0.2, 0.25) is 11.7 Å². The summed E-state index contributed by atoms with van der Waals surface area (Å²) in [7, 11) is 0. The van der Waals surface area contributed by atoms with E-state index in [2.05, 4.69) is 25.8 Å². The lowest BCUT2D eigenvalue weighted by atomic mass is 9.70. The van der Waals surface area contributed by atoms with Gasteiger partial charge in [-0.05, 0) is 30.6 Å². The number of nitrogens with zero attached hydrogens (tertiary/aromatic N) is 2. The second-order valence-corrected chi connectivity index (χ2v) is 7.03. The lowest BCUT2D eigenvalue weighted by molar-refractivity contribution is -0.384. The molecule has 114 valence electrons. The number of hydrogen-bond acceptors (Lipinski definition) is 5. The van der Waals surface area contributed by atoms with Gasteiger partial charge in [-0.15, -0.1) is 0 Å². The molecule has 2 aliphatic carbocycles. The summed E-state index contributed by atoms with van der Waals surface area (Å²) in [6.45, 7) is 6.90. The molecule has 0 spiro atoms. The van der Waals surface area contributed by atoms with Crippen molar-refractivity contribution in [2.45, 2.75) is 46.1 Å². The van der Waals surface area contributed by atoms with Crippen LogP contribution >= 0.6 is 0 Å². The molecule has 0 saturated heterocycles. The molecule has 3 atom stereocenters. The molecule has 2 N–H and O–H groups in total. The van der Waals surface area contributed by atoms with Gasteiger partial charge in [-0.1, -0.05) is 20.8 Å². The summed E-state index contributed by atoms with van der Waals surface area (Å²) in [5, 5.41) is 10.8. The molecule has 1 aromatic rings. The minimum atomic E-state index is -0.534. The normalized spacial score (nSPS) is 33.1. The molecule has 6 nitrogen and oxygen atoms in total. The van der Waals surface area contributed by atoms with E-state index < -0.39 is 4.92 Å². The van der Waals surface area contributed by atoms with Gasteiger partial charge >= 0.3 is 5.69 Å². The van der Waals surface area contributed by atoms with Crippen LogP contribution in [0.25, 0.3) is 0 Å². The number of ether oxygens (including phenoxy) is 1. The highest BCUT2D eigenvalue weighted by atomic mass is 16.6. The van der Waals surface area contributed by atoms with E-state index >= 15 is 0 Å². The Morgan fingerprint density at radius 3 is 2.62 bits per heavy atom. The van der Waals surface area contributed by atoms with Crippen LogP contribution in [0.5, 0.6) is 5.88 Å². The van der Waals surface area contributed by atoms with Gasteiger partial charge in [-0.3, -0.25) is 10.1 Å². The first-order valence-electron chi connectivity index (χ1n) is 7.33. The van der Waals surface area contributed by atoms with E-state index in [0.717, 1.165) is 12.8 Å². The van der Waals surface area contributed by atoms with Gasteiger partial charge in [0.1, 0.15) is 6.10 Å². The summed E-state index contributed by atoms with van der Waals surface area (Å²) in [6, 6.07) is 2.90. The Bertz CT molecular complexity index is 602. The summed E-state index contributed by atoms with van der Waals surface area (Å²) in [4.78, 5) is 14.3. The topological polar surface area (TPSA) is 91.3 Å². The molecule has 21 heavy (non-hydrogen) atoms. The molecule has 6 heteroatoms. The predicted octanol–water partition coefficient (Wildman–Crippen LogP) is 3.17. The van der Waals surface area contributed by atoms with Crippen LogP contribution in [0, 0.1) is 26.9 Å². The quantitative estimate of drug-likeness (QED) is 0.682. The van der Waals surface area contributed by atoms with Crippen LogP contribution < -0.4 is 10.5 Å². The fourth-order valence-corrected chi connectivity index (χ4v) is 4.12. The number of aromatic nitrogens is 1. The number of hydrogen-bond donors (Lipinski definition) is 1. The molecule has 0 radical (unpaired) electrons. The largest absolute Gasteiger partial charge is 0.474 e. The Morgan fingerprint density at radius 2 is 2.14 bits per heavy atom. The van der Waals surface area contributed by atoms with Gasteiger partial charge < -0.3 is 10.5 Å². The maximum absolute atomic E-state index is 10.8. The first-order chi connectivity index (χ1) is 9.75. The molecule has 3 rings (SSSR count). The van der Waals surface area contributed by atoms with Gasteiger partial charge in [0.15, 0.2) is 0 Å². The van der Waals surface area contributed by atoms with E-state index in [1.165, 1.54) is 18.6 Å². The van der Waals surface area contributed by atoms with Gasteiger partial charge in [-0.25, -0.2) is 0 Å². The maximum atomic E-state index is 10.8. The van der Waals surface area contributed by atoms with Crippen molar-refractivity contribution in [1.82, 2.24) is 4.98 Å². The molecule has 0 aromatic carbocycles. The summed E-state index contributed by atoms with van der Waals surface area (Å²) in [5.74, 6) is 0.959. The smallest absolute Gasteiger partial charge is 0.311 e. The molecule has 2 aliphatic rings. The van der Waals surface area contributed by atoms with E-state index in [0.29, 0.717) is 11.8 Å². The van der Waals surface area contributed by atoms with Gasteiger partial charge in [0.25, 0.3) is 0 Å². The van der Waals surface area contributed by atoms with E-state index in [1.54, 1.807) is 0 Å². The number of anilines is 1. The Kier molecular flexibility index (Phi) is 2.90. The Hall–Kier alpha value is -1.85. The molecule has 2 bridgehead atoms. The molecule has 1 aromatic heterocycles. The maximum Gasteiger partial charge on any atom is 0.311 e. The van der Waals surface area contributed by atoms with E-state index in [-0.39, 0.29) is 28.4 Å². The van der Waals surface area contributed by atoms with E-state index in [4.69, 9.17) is 10.5 Å². The van der Waals surface area contributed by atoms with Crippen LogP contribution in [0.2, 0.25) is 0 Å². The Labute approximate surface area is 123 Å². The third-order valence-corrected chi connectivity index (χ3v) is 6.05. The Morgan fingerprint density at radius 1 is 1.43 bits per heavy atom. The molecular formula is C15H21N3O3. The number of nitro groups is 1. The summed E-state index contributed by atoms with van der Waals surface area (Å²) < 4.78 is 6.05. The number of pyridine rings is 1. The SMILES string of the molecule is CC1(C)C2CCC1(C)C(Oc1ccc([N+](=O)[O-])c(N)n1)C2. The minimum absolute atomic E-state index is 0.0925. The minimum Gasteiger partial charge on any atom is -0.474 e. The van der Waals surface area contributed by atoms with Crippen molar-refractivity contribution < 1.29 is 9.66 Å². The lowest BCUT2D eigenvalue weighted by Gasteiger charge is -2.38. The number of nitrogen functional groups attached to an aromatic ring is 1. The monoisotopic (exact) mass is 291 g/mol. The molecule has 2 saturated carbocycles. The number of nitrogens with two attached hydrogens (primary N) is 1. The highest BCUT2D eigenvalue weighted by Crippen LogP contribution is 2.66. The summed E-state index contributed by atoms with van der Waals surface area (Å²) in [6.07, 6.45) is 3.51. The summed E-state index contributed by atoms with van der Waals surface area (Å²) >= 11 is 0. The first-order valence-corrected chi connectivity index (χ1v) is 7.33. The fourth-order valence-electron chi connectivity index (χ4n) is 4.12. The van der Waals surface area contributed by atoms with Crippen molar-refractivity contribution in [3.63, 3.8) is 0 Å². The van der Waals surface area contributed by atoms with Crippen LogP contribution in [0.15, 0.2) is 12.1 Å².